The van der Waals surface area contributed by atoms with E-state index in [0.717, 1.165) is 17.7 Å². The molecule has 0 spiro atoms. The molecule has 0 fully saturated rings. The van der Waals surface area contributed by atoms with Crippen molar-refractivity contribution in [2.75, 3.05) is 17.7 Å². The highest BCUT2D eigenvalue weighted by Crippen LogP contribution is 2.19. The molecule has 0 atom stereocenters. The van der Waals surface area contributed by atoms with Gasteiger partial charge in [0.1, 0.15) is 5.82 Å². The number of halogens is 1. The van der Waals surface area contributed by atoms with Gasteiger partial charge < -0.3 is 5.32 Å². The minimum absolute atomic E-state index is 0.588. The number of anilines is 1. The van der Waals surface area contributed by atoms with Gasteiger partial charge in [-0.3, -0.25) is 0 Å². The number of fused-ring (bicyclic) bond motifs is 1. The topological polar surface area (TPSA) is 24.9 Å². The number of benzene rings is 1. The fourth-order valence-electron chi connectivity index (χ4n) is 1.43. The number of nitrogens with one attached hydrogen (secondary N) is 1. The minimum atomic E-state index is 0.588. The van der Waals surface area contributed by atoms with E-state index < -0.39 is 0 Å². The van der Waals surface area contributed by atoms with Crippen LogP contribution in [0.4, 0.5) is 5.82 Å². The zero-order chi connectivity index (χ0) is 9.80. The second-order valence-electron chi connectivity index (χ2n) is 3.00. The molecule has 0 unspecified atom stereocenters. The standard InChI is InChI=1S/C11H11ClN2/c12-6-8-14-11-10-4-2-1-3-9(10)5-7-13-11/h1-5,7H,6,8H2,(H,13,14). The van der Waals surface area contributed by atoms with E-state index in [0.29, 0.717) is 5.88 Å². The highest BCUT2D eigenvalue weighted by Gasteiger charge is 1.99. The molecule has 2 rings (SSSR count). The maximum absolute atomic E-state index is 5.61. The minimum Gasteiger partial charge on any atom is -0.368 e. The SMILES string of the molecule is ClCCNc1nccc2ccccc12. The number of pyridine rings is 1. The van der Waals surface area contributed by atoms with Crippen LogP contribution in [-0.2, 0) is 0 Å². The van der Waals surface area contributed by atoms with Crippen LogP contribution in [0.15, 0.2) is 36.5 Å². The maximum Gasteiger partial charge on any atom is 0.133 e. The number of rotatable bonds is 3. The Kier molecular flexibility index (Phi) is 2.84. The molecule has 14 heavy (non-hydrogen) atoms. The monoisotopic (exact) mass is 206 g/mol. The van der Waals surface area contributed by atoms with Gasteiger partial charge in [0.05, 0.1) is 0 Å². The van der Waals surface area contributed by atoms with Crippen LogP contribution in [0.3, 0.4) is 0 Å². The Morgan fingerprint density at radius 1 is 1.21 bits per heavy atom. The quantitative estimate of drug-likeness (QED) is 0.782. The summed E-state index contributed by atoms with van der Waals surface area (Å²) in [5, 5.41) is 5.53. The Morgan fingerprint density at radius 2 is 2.07 bits per heavy atom. The van der Waals surface area contributed by atoms with Crippen LogP contribution in [0.25, 0.3) is 10.8 Å². The van der Waals surface area contributed by atoms with E-state index in [1.807, 2.05) is 18.2 Å². The lowest BCUT2D eigenvalue weighted by Crippen LogP contribution is -2.04. The number of aromatic nitrogens is 1. The van der Waals surface area contributed by atoms with Gasteiger partial charge in [0.15, 0.2) is 0 Å². The molecule has 1 aromatic heterocycles. The molecular weight excluding hydrogens is 196 g/mol. The average Bonchev–Trinajstić information content (AvgIpc) is 2.26. The molecule has 2 nitrogen and oxygen atoms in total. The molecule has 1 heterocycles. The van der Waals surface area contributed by atoms with E-state index in [4.69, 9.17) is 11.6 Å². The molecule has 0 aliphatic rings. The molecule has 1 N–H and O–H groups in total. The summed E-state index contributed by atoms with van der Waals surface area (Å²) in [5.41, 5.74) is 0. The van der Waals surface area contributed by atoms with Gasteiger partial charge in [-0.25, -0.2) is 4.98 Å². The molecular formula is C11H11ClN2. The first-order valence-corrected chi connectivity index (χ1v) is 5.09. The molecule has 1 aromatic carbocycles. The lowest BCUT2D eigenvalue weighted by molar-refractivity contribution is 1.18. The first kappa shape index (κ1) is 9.28. The van der Waals surface area contributed by atoms with Gasteiger partial charge in [0.2, 0.25) is 0 Å². The van der Waals surface area contributed by atoms with Crippen molar-refractivity contribution in [3.05, 3.63) is 36.5 Å². The Hall–Kier alpha value is -1.28. The number of nitrogens with zero attached hydrogens (tertiary/aromatic N) is 1. The molecule has 0 aliphatic heterocycles. The smallest absolute Gasteiger partial charge is 0.133 e. The Labute approximate surface area is 87.9 Å². The van der Waals surface area contributed by atoms with Gasteiger partial charge in [-0.15, -0.1) is 11.6 Å². The molecule has 0 bridgehead atoms. The molecule has 0 aliphatic carbocycles. The van der Waals surface area contributed by atoms with E-state index in [1.165, 1.54) is 5.39 Å². The lowest BCUT2D eigenvalue weighted by atomic mass is 10.1. The summed E-state index contributed by atoms with van der Waals surface area (Å²) in [5.74, 6) is 1.49. The van der Waals surface area contributed by atoms with Gasteiger partial charge in [-0.2, -0.15) is 0 Å². The second-order valence-corrected chi connectivity index (χ2v) is 3.37. The van der Waals surface area contributed by atoms with Crippen LogP contribution in [0, 0.1) is 0 Å². The fourth-order valence-corrected chi connectivity index (χ4v) is 1.52. The first-order valence-electron chi connectivity index (χ1n) is 4.55. The van der Waals surface area contributed by atoms with E-state index >= 15 is 0 Å². The van der Waals surface area contributed by atoms with E-state index in [1.54, 1.807) is 6.20 Å². The molecule has 72 valence electrons. The first-order chi connectivity index (χ1) is 6.92. The van der Waals surface area contributed by atoms with Gasteiger partial charge >= 0.3 is 0 Å². The van der Waals surface area contributed by atoms with Crippen LogP contribution < -0.4 is 5.32 Å². The Bertz CT molecular complexity index is 423. The summed E-state index contributed by atoms with van der Waals surface area (Å²) in [7, 11) is 0. The molecule has 0 saturated heterocycles. The van der Waals surface area contributed by atoms with Crippen LogP contribution in [-0.4, -0.2) is 17.4 Å². The normalized spacial score (nSPS) is 10.4. The molecule has 0 amide bonds. The zero-order valence-corrected chi connectivity index (χ0v) is 8.46. The van der Waals surface area contributed by atoms with E-state index in [2.05, 4.69) is 22.4 Å². The van der Waals surface area contributed by atoms with Gasteiger partial charge in [0, 0.05) is 24.0 Å². The highest BCUT2D eigenvalue weighted by molar-refractivity contribution is 6.18. The third-order valence-electron chi connectivity index (χ3n) is 2.06. The predicted molar refractivity (Wildman–Crippen MR) is 61.0 cm³/mol. The predicted octanol–water partition coefficient (Wildman–Crippen LogP) is 2.89. The van der Waals surface area contributed by atoms with E-state index in [9.17, 15) is 0 Å². The van der Waals surface area contributed by atoms with Gasteiger partial charge in [0.25, 0.3) is 0 Å². The fraction of sp³-hybridized carbons (Fsp3) is 0.182. The highest BCUT2D eigenvalue weighted by atomic mass is 35.5. The number of hydrogen-bond donors (Lipinski definition) is 1. The second kappa shape index (κ2) is 4.29. The summed E-state index contributed by atoms with van der Waals surface area (Å²) in [6.07, 6.45) is 1.80. The van der Waals surface area contributed by atoms with Crippen LogP contribution in [0.5, 0.6) is 0 Å². The molecule has 2 aromatic rings. The third kappa shape index (κ3) is 1.80. The summed E-state index contributed by atoms with van der Waals surface area (Å²) < 4.78 is 0. The summed E-state index contributed by atoms with van der Waals surface area (Å²) in [6.45, 7) is 0.739. The Balaban J connectivity index is 2.43. The zero-order valence-electron chi connectivity index (χ0n) is 7.70. The third-order valence-corrected chi connectivity index (χ3v) is 2.25. The van der Waals surface area contributed by atoms with Gasteiger partial charge in [-0.1, -0.05) is 24.3 Å². The van der Waals surface area contributed by atoms with Crippen LogP contribution in [0.1, 0.15) is 0 Å². The Morgan fingerprint density at radius 3 is 2.93 bits per heavy atom. The van der Waals surface area contributed by atoms with Crippen LogP contribution in [0.2, 0.25) is 0 Å². The van der Waals surface area contributed by atoms with Crippen molar-refractivity contribution in [1.82, 2.24) is 4.98 Å². The maximum atomic E-state index is 5.61. The summed E-state index contributed by atoms with van der Waals surface area (Å²) in [6, 6.07) is 10.2. The van der Waals surface area contributed by atoms with Crippen molar-refractivity contribution in [1.29, 1.82) is 0 Å². The van der Waals surface area contributed by atoms with Crippen molar-refractivity contribution < 1.29 is 0 Å². The lowest BCUT2D eigenvalue weighted by Gasteiger charge is -2.06. The van der Waals surface area contributed by atoms with Gasteiger partial charge in [-0.05, 0) is 11.5 Å². The summed E-state index contributed by atoms with van der Waals surface area (Å²) in [4.78, 5) is 4.27. The van der Waals surface area contributed by atoms with E-state index in [-0.39, 0.29) is 0 Å². The van der Waals surface area contributed by atoms with Crippen molar-refractivity contribution >= 4 is 28.2 Å². The number of alkyl halides is 1. The molecule has 0 radical (unpaired) electrons. The van der Waals surface area contributed by atoms with Crippen molar-refractivity contribution in [3.8, 4) is 0 Å². The van der Waals surface area contributed by atoms with Crippen LogP contribution >= 0.6 is 11.6 Å². The average molecular weight is 207 g/mol. The van der Waals surface area contributed by atoms with Crippen molar-refractivity contribution in [2.45, 2.75) is 0 Å². The molecule has 3 heteroatoms. The number of hydrogen-bond acceptors (Lipinski definition) is 2. The van der Waals surface area contributed by atoms with Crippen molar-refractivity contribution in [3.63, 3.8) is 0 Å². The van der Waals surface area contributed by atoms with Crippen molar-refractivity contribution in [2.24, 2.45) is 0 Å². The summed E-state index contributed by atoms with van der Waals surface area (Å²) >= 11 is 5.61. The largest absolute Gasteiger partial charge is 0.368 e. The molecule has 0 saturated carbocycles.